The van der Waals surface area contributed by atoms with Crippen LogP contribution in [0.2, 0.25) is 0 Å². The van der Waals surface area contributed by atoms with Crippen LogP contribution in [-0.2, 0) is 22.9 Å². The van der Waals surface area contributed by atoms with Crippen LogP contribution in [0.4, 0.5) is 0 Å². The van der Waals surface area contributed by atoms with Gasteiger partial charge in [-0.15, -0.1) is 13.2 Å². The van der Waals surface area contributed by atoms with E-state index < -0.39 is 9.84 Å². The first-order chi connectivity index (χ1) is 7.01. The lowest BCUT2D eigenvalue weighted by Crippen LogP contribution is -2.11. The Morgan fingerprint density at radius 3 is 2.53 bits per heavy atom. The maximum absolute atomic E-state index is 10.8. The predicted molar refractivity (Wildman–Crippen MR) is 61.1 cm³/mol. The van der Waals surface area contributed by atoms with E-state index in [9.17, 15) is 8.42 Å². The van der Waals surface area contributed by atoms with Gasteiger partial charge in [0.2, 0.25) is 0 Å². The average molecular weight is 231 g/mol. The predicted octanol–water partition coefficient (Wildman–Crippen LogP) is 0.189. The van der Waals surface area contributed by atoms with Gasteiger partial charge in [0.25, 0.3) is 0 Å². The summed E-state index contributed by atoms with van der Waals surface area (Å²) in [5, 5.41) is 3.96. The zero-order valence-corrected chi connectivity index (χ0v) is 9.70. The molecular formula is C9H17N3O2S. The largest absolute Gasteiger partial charge is 0.326 e. The molecule has 0 unspecified atom stereocenters. The van der Waals surface area contributed by atoms with Crippen LogP contribution in [0.3, 0.4) is 0 Å². The van der Waals surface area contributed by atoms with Crippen LogP contribution in [0.15, 0.2) is 25.6 Å². The van der Waals surface area contributed by atoms with Crippen LogP contribution in [0.1, 0.15) is 5.56 Å². The normalized spacial score (nSPS) is 10.5. The van der Waals surface area contributed by atoms with Gasteiger partial charge in [-0.2, -0.15) is 5.10 Å². The summed E-state index contributed by atoms with van der Waals surface area (Å²) in [7, 11) is -2.91. The van der Waals surface area contributed by atoms with E-state index in [4.69, 9.17) is 5.73 Å². The van der Waals surface area contributed by atoms with Gasteiger partial charge in [-0.25, -0.2) is 8.42 Å². The molecule has 0 aliphatic heterocycles. The SMILES string of the molecule is C=C.CS(=O)(=O)CCn1cc(CN)cn1. The molecule has 0 amide bonds. The molecule has 1 aromatic rings. The van der Waals surface area contributed by atoms with Crippen LogP contribution in [-0.4, -0.2) is 30.2 Å². The fourth-order valence-electron chi connectivity index (χ4n) is 0.893. The quantitative estimate of drug-likeness (QED) is 0.750. The van der Waals surface area contributed by atoms with Gasteiger partial charge >= 0.3 is 0 Å². The summed E-state index contributed by atoms with van der Waals surface area (Å²) in [5.41, 5.74) is 6.28. The summed E-state index contributed by atoms with van der Waals surface area (Å²) in [6.07, 6.45) is 4.60. The number of nitrogens with zero attached hydrogens (tertiary/aromatic N) is 2. The van der Waals surface area contributed by atoms with Crippen molar-refractivity contribution in [1.82, 2.24) is 9.78 Å². The van der Waals surface area contributed by atoms with Gasteiger partial charge in [-0.1, -0.05) is 0 Å². The van der Waals surface area contributed by atoms with Crippen molar-refractivity contribution in [3.63, 3.8) is 0 Å². The Morgan fingerprint density at radius 1 is 1.53 bits per heavy atom. The van der Waals surface area contributed by atoms with E-state index in [1.54, 1.807) is 17.1 Å². The molecule has 2 N–H and O–H groups in total. The number of hydrogen-bond donors (Lipinski definition) is 1. The van der Waals surface area contributed by atoms with Crippen LogP contribution < -0.4 is 5.73 Å². The van der Waals surface area contributed by atoms with Gasteiger partial charge in [-0.3, -0.25) is 4.68 Å². The summed E-state index contributed by atoms with van der Waals surface area (Å²) >= 11 is 0. The molecule has 6 heteroatoms. The summed E-state index contributed by atoms with van der Waals surface area (Å²) in [6, 6.07) is 0. The molecule has 0 saturated carbocycles. The molecular weight excluding hydrogens is 214 g/mol. The first kappa shape index (κ1) is 13.9. The molecule has 5 nitrogen and oxygen atoms in total. The van der Waals surface area contributed by atoms with Crippen LogP contribution >= 0.6 is 0 Å². The number of aromatic nitrogens is 2. The highest BCUT2D eigenvalue weighted by Gasteiger charge is 2.03. The van der Waals surface area contributed by atoms with E-state index in [-0.39, 0.29) is 5.75 Å². The van der Waals surface area contributed by atoms with Crippen LogP contribution in [0.25, 0.3) is 0 Å². The number of aryl methyl sites for hydroxylation is 1. The van der Waals surface area contributed by atoms with Crippen molar-refractivity contribution in [3.8, 4) is 0 Å². The summed E-state index contributed by atoms with van der Waals surface area (Å²) in [6.45, 7) is 6.82. The molecule has 0 bridgehead atoms. The lowest BCUT2D eigenvalue weighted by atomic mass is 10.4. The third-order valence-corrected chi connectivity index (χ3v) is 2.54. The molecule has 0 aromatic carbocycles. The lowest BCUT2D eigenvalue weighted by Gasteiger charge is -1.98. The molecule has 1 heterocycles. The summed E-state index contributed by atoms with van der Waals surface area (Å²) < 4.78 is 23.2. The monoisotopic (exact) mass is 231 g/mol. The third kappa shape index (κ3) is 6.03. The smallest absolute Gasteiger partial charge is 0.149 e. The van der Waals surface area contributed by atoms with E-state index in [2.05, 4.69) is 18.3 Å². The average Bonchev–Trinajstić information content (AvgIpc) is 2.64. The second-order valence-corrected chi connectivity index (χ2v) is 5.21. The Balaban J connectivity index is 0.000000921. The standard InChI is InChI=1S/C7H13N3O2S.C2H4/c1-13(11,12)3-2-10-6-7(4-8)5-9-10;1-2/h5-6H,2-4,8H2,1H3;1-2H2. The van der Waals surface area contributed by atoms with Gasteiger partial charge in [0.1, 0.15) is 9.84 Å². The number of sulfone groups is 1. The molecule has 86 valence electrons. The molecule has 1 rings (SSSR count). The minimum absolute atomic E-state index is 0.110. The molecule has 0 saturated heterocycles. The molecule has 15 heavy (non-hydrogen) atoms. The molecule has 0 fully saturated rings. The summed E-state index contributed by atoms with van der Waals surface area (Å²) in [4.78, 5) is 0. The molecule has 0 aliphatic rings. The number of nitrogens with two attached hydrogens (primary N) is 1. The van der Waals surface area contributed by atoms with Gasteiger partial charge in [0.05, 0.1) is 18.5 Å². The third-order valence-electron chi connectivity index (χ3n) is 1.61. The zero-order valence-electron chi connectivity index (χ0n) is 8.89. The van der Waals surface area contributed by atoms with E-state index in [1.807, 2.05) is 0 Å². The van der Waals surface area contributed by atoms with Gasteiger partial charge < -0.3 is 5.73 Å². The first-order valence-electron chi connectivity index (χ1n) is 4.40. The van der Waals surface area contributed by atoms with Crippen molar-refractivity contribution < 1.29 is 8.42 Å². The van der Waals surface area contributed by atoms with E-state index in [0.717, 1.165) is 5.56 Å². The van der Waals surface area contributed by atoms with Crippen molar-refractivity contribution >= 4 is 9.84 Å². The topological polar surface area (TPSA) is 78.0 Å². The Bertz CT molecular complexity index is 384. The Morgan fingerprint density at radius 2 is 2.13 bits per heavy atom. The van der Waals surface area contributed by atoms with Gasteiger partial charge in [0, 0.05) is 24.6 Å². The summed E-state index contributed by atoms with van der Waals surface area (Å²) in [5.74, 6) is 0.110. The van der Waals surface area contributed by atoms with Gasteiger partial charge in [0.15, 0.2) is 0 Å². The second kappa shape index (κ2) is 6.36. The van der Waals surface area contributed by atoms with Crippen molar-refractivity contribution in [2.24, 2.45) is 5.73 Å². The Hall–Kier alpha value is -1.14. The molecule has 1 aromatic heterocycles. The van der Waals surface area contributed by atoms with Crippen LogP contribution in [0, 0.1) is 0 Å². The Kier molecular flexibility index (Phi) is 5.88. The first-order valence-corrected chi connectivity index (χ1v) is 6.46. The Labute approximate surface area is 90.5 Å². The maximum Gasteiger partial charge on any atom is 0.149 e. The minimum atomic E-state index is -2.91. The molecule has 0 spiro atoms. The number of rotatable bonds is 4. The zero-order chi connectivity index (χ0) is 11.9. The van der Waals surface area contributed by atoms with Crippen molar-refractivity contribution in [1.29, 1.82) is 0 Å². The fourth-order valence-corrected chi connectivity index (χ4v) is 1.41. The highest BCUT2D eigenvalue weighted by atomic mass is 32.2. The minimum Gasteiger partial charge on any atom is -0.326 e. The van der Waals surface area contributed by atoms with Crippen LogP contribution in [0.5, 0.6) is 0 Å². The van der Waals surface area contributed by atoms with Crippen molar-refractivity contribution in [3.05, 3.63) is 31.1 Å². The molecule has 0 atom stereocenters. The van der Waals surface area contributed by atoms with E-state index in [0.29, 0.717) is 13.1 Å². The highest BCUT2D eigenvalue weighted by molar-refractivity contribution is 7.90. The molecule has 0 aliphatic carbocycles. The lowest BCUT2D eigenvalue weighted by molar-refractivity contribution is 0.586. The molecule has 0 radical (unpaired) electrons. The fraction of sp³-hybridized carbons (Fsp3) is 0.444. The van der Waals surface area contributed by atoms with E-state index >= 15 is 0 Å². The van der Waals surface area contributed by atoms with Crippen molar-refractivity contribution in [2.75, 3.05) is 12.0 Å². The highest BCUT2D eigenvalue weighted by Crippen LogP contribution is 1.96. The second-order valence-electron chi connectivity index (χ2n) is 2.95. The number of hydrogen-bond acceptors (Lipinski definition) is 4. The van der Waals surface area contributed by atoms with Gasteiger partial charge in [-0.05, 0) is 0 Å². The van der Waals surface area contributed by atoms with E-state index in [1.165, 1.54) is 6.26 Å². The van der Waals surface area contributed by atoms with Crippen molar-refractivity contribution in [2.45, 2.75) is 13.1 Å². The maximum atomic E-state index is 10.8.